The summed E-state index contributed by atoms with van der Waals surface area (Å²) in [5.41, 5.74) is 12.3. The summed E-state index contributed by atoms with van der Waals surface area (Å²) in [6.07, 6.45) is 9.30. The van der Waals surface area contributed by atoms with Crippen LogP contribution in [0.1, 0.15) is 76.5 Å². The molecule has 0 radical (unpaired) electrons. The molecule has 0 saturated heterocycles. The molecule has 1 aromatic heterocycles. The molecule has 0 saturated carbocycles. The zero-order chi connectivity index (χ0) is 26.8. The standard InChI is InChI=1S/C35H42OSi/c1-23-20-26(35(5,6)7)21-32(23)37(8,9)33-28-13-10-12-27(24-15-17-25(18-16-24)34(2,3)4)29(28)22-30(33)31-14-11-19-36-31/h10-22,32-33H,1-9H3. The Balaban J connectivity index is 1.64. The molecular weight excluding hydrogens is 464 g/mol. The average Bonchev–Trinajstić information content (AvgIpc) is 3.56. The van der Waals surface area contributed by atoms with Crippen LogP contribution < -0.4 is 0 Å². The Morgan fingerprint density at radius 1 is 0.784 bits per heavy atom. The van der Waals surface area contributed by atoms with Crippen LogP contribution in [0.15, 0.2) is 88.6 Å². The second-order valence-electron chi connectivity index (χ2n) is 13.7. The summed E-state index contributed by atoms with van der Waals surface area (Å²) in [7, 11) is -1.92. The van der Waals surface area contributed by atoms with E-state index in [1.54, 1.807) is 0 Å². The molecule has 192 valence electrons. The molecule has 0 aliphatic heterocycles. The number of furan rings is 1. The van der Waals surface area contributed by atoms with E-state index in [0.717, 1.165) is 5.76 Å². The lowest BCUT2D eigenvalue weighted by Crippen LogP contribution is -2.39. The van der Waals surface area contributed by atoms with Gasteiger partial charge < -0.3 is 4.42 Å². The van der Waals surface area contributed by atoms with E-state index in [0.29, 0.717) is 11.1 Å². The van der Waals surface area contributed by atoms with Crippen molar-refractivity contribution in [1.29, 1.82) is 0 Å². The van der Waals surface area contributed by atoms with Crippen LogP contribution >= 0.6 is 0 Å². The van der Waals surface area contributed by atoms with Crippen molar-refractivity contribution < 1.29 is 4.42 Å². The van der Waals surface area contributed by atoms with E-state index < -0.39 is 8.07 Å². The van der Waals surface area contributed by atoms with Crippen molar-refractivity contribution in [1.82, 2.24) is 0 Å². The largest absolute Gasteiger partial charge is 0.465 e. The molecule has 1 heterocycles. The molecule has 5 rings (SSSR count). The number of benzene rings is 2. The van der Waals surface area contributed by atoms with Crippen molar-refractivity contribution in [3.8, 4) is 11.1 Å². The van der Waals surface area contributed by atoms with Crippen molar-refractivity contribution in [2.45, 2.75) is 78.1 Å². The van der Waals surface area contributed by atoms with Gasteiger partial charge in [0, 0.05) is 11.1 Å². The normalized spacial score (nSPS) is 20.0. The van der Waals surface area contributed by atoms with Gasteiger partial charge in [-0.1, -0.05) is 115 Å². The summed E-state index contributed by atoms with van der Waals surface area (Å²) < 4.78 is 6.06. The van der Waals surface area contributed by atoms with Crippen molar-refractivity contribution in [3.05, 3.63) is 107 Å². The SMILES string of the molecule is CC1=CC(C(C)(C)C)=CC1[Si](C)(C)C1C(c2ccco2)=Cc2c(-c3ccc(C(C)(C)C)cc3)cccc21. The Morgan fingerprint density at radius 3 is 2.05 bits per heavy atom. The highest BCUT2D eigenvalue weighted by Crippen LogP contribution is 2.55. The summed E-state index contributed by atoms with van der Waals surface area (Å²) >= 11 is 0. The van der Waals surface area contributed by atoms with E-state index in [1.807, 2.05) is 12.3 Å². The van der Waals surface area contributed by atoms with Gasteiger partial charge in [-0.3, -0.25) is 0 Å². The van der Waals surface area contributed by atoms with Gasteiger partial charge in [0.25, 0.3) is 0 Å². The maximum atomic E-state index is 6.06. The molecular formula is C35H42OSi. The fourth-order valence-corrected chi connectivity index (χ4v) is 10.7. The van der Waals surface area contributed by atoms with Crippen LogP contribution in [0.4, 0.5) is 0 Å². The Labute approximate surface area is 225 Å². The lowest BCUT2D eigenvalue weighted by molar-refractivity contribution is 0.517. The number of hydrogen-bond donors (Lipinski definition) is 0. The Hall–Kier alpha value is -2.84. The molecule has 0 fully saturated rings. The second kappa shape index (κ2) is 8.87. The Bertz CT molecular complexity index is 1400. The highest BCUT2D eigenvalue weighted by atomic mass is 28.3. The van der Waals surface area contributed by atoms with Crippen LogP contribution in [-0.4, -0.2) is 8.07 Å². The zero-order valence-corrected chi connectivity index (χ0v) is 25.1. The van der Waals surface area contributed by atoms with E-state index in [9.17, 15) is 0 Å². The van der Waals surface area contributed by atoms with Crippen LogP contribution in [0.3, 0.4) is 0 Å². The maximum Gasteiger partial charge on any atom is 0.130 e. The zero-order valence-electron chi connectivity index (χ0n) is 24.1. The fourth-order valence-electron chi connectivity index (χ4n) is 6.40. The van der Waals surface area contributed by atoms with Gasteiger partial charge in [-0.15, -0.1) is 0 Å². The first-order valence-corrected chi connectivity index (χ1v) is 16.8. The molecule has 0 N–H and O–H groups in total. The van der Waals surface area contributed by atoms with Crippen molar-refractivity contribution in [3.63, 3.8) is 0 Å². The summed E-state index contributed by atoms with van der Waals surface area (Å²) in [5.74, 6) is 1.01. The lowest BCUT2D eigenvalue weighted by atomic mass is 9.86. The molecule has 1 nitrogen and oxygen atoms in total. The van der Waals surface area contributed by atoms with E-state index in [4.69, 9.17) is 4.42 Å². The van der Waals surface area contributed by atoms with E-state index in [2.05, 4.69) is 128 Å². The van der Waals surface area contributed by atoms with Crippen LogP contribution in [0.2, 0.25) is 18.6 Å². The third-order valence-electron chi connectivity index (χ3n) is 8.56. The van der Waals surface area contributed by atoms with Gasteiger partial charge in [-0.25, -0.2) is 0 Å². The molecule has 2 aliphatic rings. The minimum Gasteiger partial charge on any atom is -0.465 e. The highest BCUT2D eigenvalue weighted by molar-refractivity contribution is 6.83. The summed E-state index contributed by atoms with van der Waals surface area (Å²) in [6.45, 7) is 21.3. The number of allylic oxidation sites excluding steroid dienone is 5. The minimum absolute atomic E-state index is 0.149. The van der Waals surface area contributed by atoms with Crippen molar-refractivity contribution >= 4 is 19.7 Å². The summed E-state index contributed by atoms with van der Waals surface area (Å²) in [4.78, 5) is 0. The van der Waals surface area contributed by atoms with E-state index >= 15 is 0 Å². The molecule has 2 heteroatoms. The van der Waals surface area contributed by atoms with E-state index in [1.165, 1.54) is 44.5 Å². The molecule has 37 heavy (non-hydrogen) atoms. The van der Waals surface area contributed by atoms with Gasteiger partial charge in [0.05, 0.1) is 14.3 Å². The number of rotatable bonds is 4. The molecule has 0 amide bonds. The summed E-state index contributed by atoms with van der Waals surface area (Å²) in [5, 5.41) is 0. The van der Waals surface area contributed by atoms with Crippen LogP contribution in [-0.2, 0) is 5.41 Å². The number of hydrogen-bond acceptors (Lipinski definition) is 1. The van der Waals surface area contributed by atoms with Crippen molar-refractivity contribution in [2.75, 3.05) is 0 Å². The van der Waals surface area contributed by atoms with Gasteiger partial charge >= 0.3 is 0 Å². The van der Waals surface area contributed by atoms with Crippen LogP contribution in [0.25, 0.3) is 22.8 Å². The molecule has 0 bridgehead atoms. The van der Waals surface area contributed by atoms with Gasteiger partial charge in [-0.05, 0) is 74.9 Å². The van der Waals surface area contributed by atoms with E-state index in [-0.39, 0.29) is 10.8 Å². The molecule has 2 aromatic carbocycles. The molecule has 2 aliphatic carbocycles. The summed E-state index contributed by atoms with van der Waals surface area (Å²) in [6, 6.07) is 20.3. The van der Waals surface area contributed by atoms with Gasteiger partial charge in [0.2, 0.25) is 0 Å². The molecule has 3 aromatic rings. The monoisotopic (exact) mass is 506 g/mol. The van der Waals surface area contributed by atoms with Gasteiger partial charge in [0.15, 0.2) is 0 Å². The topological polar surface area (TPSA) is 13.1 Å². The third kappa shape index (κ3) is 4.54. The van der Waals surface area contributed by atoms with Crippen LogP contribution in [0, 0.1) is 5.41 Å². The Kier molecular flexibility index (Phi) is 6.19. The fraction of sp³-hybridized carbons (Fsp3) is 0.371. The first kappa shape index (κ1) is 25.8. The molecule has 2 atom stereocenters. The number of fused-ring (bicyclic) bond motifs is 1. The second-order valence-corrected chi connectivity index (χ2v) is 18.5. The smallest absolute Gasteiger partial charge is 0.130 e. The third-order valence-corrected chi connectivity index (χ3v) is 12.9. The van der Waals surface area contributed by atoms with Crippen LogP contribution in [0.5, 0.6) is 0 Å². The molecule has 2 unspecified atom stereocenters. The van der Waals surface area contributed by atoms with Crippen molar-refractivity contribution in [2.24, 2.45) is 5.41 Å². The minimum atomic E-state index is -1.92. The first-order valence-electron chi connectivity index (χ1n) is 13.7. The predicted octanol–water partition coefficient (Wildman–Crippen LogP) is 10.4. The average molecular weight is 507 g/mol. The maximum absolute atomic E-state index is 6.06. The van der Waals surface area contributed by atoms with Gasteiger partial charge in [-0.2, -0.15) is 0 Å². The molecule has 0 spiro atoms. The Morgan fingerprint density at radius 2 is 1.49 bits per heavy atom. The lowest BCUT2D eigenvalue weighted by Gasteiger charge is -2.38. The predicted molar refractivity (Wildman–Crippen MR) is 162 cm³/mol. The van der Waals surface area contributed by atoms with Gasteiger partial charge in [0.1, 0.15) is 5.76 Å². The first-order chi connectivity index (χ1) is 17.3. The highest BCUT2D eigenvalue weighted by Gasteiger charge is 2.47. The quantitative estimate of drug-likeness (QED) is 0.321.